The molecule has 0 fully saturated rings. The van der Waals surface area contributed by atoms with Crippen molar-refractivity contribution in [2.24, 2.45) is 5.10 Å². The number of anilines is 1. The van der Waals surface area contributed by atoms with Crippen LogP contribution >= 0.6 is 12.2 Å². The maximum absolute atomic E-state index is 5.29. The average Bonchev–Trinajstić information content (AvgIpc) is 2.95. The van der Waals surface area contributed by atoms with Crippen molar-refractivity contribution < 1.29 is 0 Å². The molecule has 122 valence electrons. The highest BCUT2D eigenvalue weighted by Gasteiger charge is 2.07. The summed E-state index contributed by atoms with van der Waals surface area (Å²) in [7, 11) is 4.03. The number of nitrogens with zero attached hydrogens (tertiary/aromatic N) is 4. The largest absolute Gasteiger partial charge is 0.378 e. The number of hydrogen-bond acceptors (Lipinski definition) is 4. The van der Waals surface area contributed by atoms with Crippen molar-refractivity contribution in [1.82, 2.24) is 14.9 Å². The van der Waals surface area contributed by atoms with Crippen LogP contribution < -0.4 is 4.90 Å². The zero-order valence-electron chi connectivity index (χ0n) is 13.9. The Morgan fingerprint density at radius 3 is 2.38 bits per heavy atom. The minimum atomic E-state index is 0.465. The molecule has 0 saturated heterocycles. The quantitative estimate of drug-likeness (QED) is 0.581. The van der Waals surface area contributed by atoms with E-state index >= 15 is 0 Å². The van der Waals surface area contributed by atoms with E-state index in [4.69, 9.17) is 12.2 Å². The molecule has 0 saturated carbocycles. The number of rotatable bonds is 4. The molecule has 0 radical (unpaired) electrons. The molecular formula is C18H19N5S. The van der Waals surface area contributed by atoms with Gasteiger partial charge in [-0.05, 0) is 36.8 Å². The van der Waals surface area contributed by atoms with Gasteiger partial charge in [-0.3, -0.25) is 0 Å². The lowest BCUT2D eigenvalue weighted by atomic mass is 10.1. The van der Waals surface area contributed by atoms with Gasteiger partial charge in [0.15, 0.2) is 5.82 Å². The van der Waals surface area contributed by atoms with Gasteiger partial charge >= 0.3 is 0 Å². The predicted molar refractivity (Wildman–Crippen MR) is 101 cm³/mol. The van der Waals surface area contributed by atoms with Crippen LogP contribution in [0.2, 0.25) is 0 Å². The molecule has 5 nitrogen and oxygen atoms in total. The number of aryl methyl sites for hydroxylation is 1. The zero-order valence-corrected chi connectivity index (χ0v) is 14.7. The lowest BCUT2D eigenvalue weighted by molar-refractivity contribution is 0.871. The molecule has 1 heterocycles. The number of hydrogen-bond donors (Lipinski definition) is 1. The van der Waals surface area contributed by atoms with Crippen LogP contribution in [-0.4, -0.2) is 35.2 Å². The van der Waals surface area contributed by atoms with Crippen LogP contribution in [0.1, 0.15) is 11.1 Å². The molecule has 0 spiro atoms. The molecule has 3 aromatic rings. The molecule has 2 aromatic carbocycles. The van der Waals surface area contributed by atoms with E-state index in [1.54, 1.807) is 10.9 Å². The van der Waals surface area contributed by atoms with Crippen LogP contribution in [0.5, 0.6) is 0 Å². The molecule has 1 N–H and O–H groups in total. The first-order valence-corrected chi connectivity index (χ1v) is 8.01. The zero-order chi connectivity index (χ0) is 17.1. The van der Waals surface area contributed by atoms with Gasteiger partial charge in [0.2, 0.25) is 4.77 Å². The van der Waals surface area contributed by atoms with Gasteiger partial charge in [-0.2, -0.15) is 14.9 Å². The number of benzene rings is 2. The van der Waals surface area contributed by atoms with Gasteiger partial charge in [-0.15, -0.1) is 0 Å². The number of nitrogens with one attached hydrogen (secondary N) is 1. The van der Waals surface area contributed by atoms with Crippen LogP contribution in [0.4, 0.5) is 5.69 Å². The Morgan fingerprint density at radius 1 is 1.08 bits per heavy atom. The van der Waals surface area contributed by atoms with E-state index in [-0.39, 0.29) is 0 Å². The maximum atomic E-state index is 5.29. The summed E-state index contributed by atoms with van der Waals surface area (Å²) < 4.78 is 2.10. The van der Waals surface area contributed by atoms with E-state index in [0.717, 1.165) is 16.8 Å². The van der Waals surface area contributed by atoms with E-state index in [2.05, 4.69) is 39.3 Å². The summed E-state index contributed by atoms with van der Waals surface area (Å²) in [5.41, 5.74) is 4.31. The molecule has 24 heavy (non-hydrogen) atoms. The number of H-pyrrole nitrogens is 1. The topological polar surface area (TPSA) is 49.2 Å². The van der Waals surface area contributed by atoms with Gasteiger partial charge in [-0.25, -0.2) is 5.10 Å². The molecule has 0 aliphatic heterocycles. The Kier molecular flexibility index (Phi) is 4.57. The standard InChI is InChI=1S/C18H19N5S/c1-13-4-8-15(9-5-13)17-20-21-18(24)23(17)19-12-14-6-10-16(11-7-14)22(2)3/h4-12H,1-3H3,(H,21,24)/b19-12-. The fraction of sp³-hybridized carbons (Fsp3) is 0.167. The van der Waals surface area contributed by atoms with Gasteiger partial charge in [0.05, 0.1) is 6.21 Å². The van der Waals surface area contributed by atoms with Crippen molar-refractivity contribution in [1.29, 1.82) is 0 Å². The third-order valence-corrected chi connectivity index (χ3v) is 3.96. The summed E-state index contributed by atoms with van der Waals surface area (Å²) >= 11 is 5.29. The summed E-state index contributed by atoms with van der Waals surface area (Å²) in [6.45, 7) is 2.05. The summed E-state index contributed by atoms with van der Waals surface area (Å²) in [6, 6.07) is 16.3. The first-order valence-electron chi connectivity index (χ1n) is 7.61. The second-order valence-corrected chi connectivity index (χ2v) is 6.15. The van der Waals surface area contributed by atoms with Gasteiger partial charge in [0.1, 0.15) is 0 Å². The van der Waals surface area contributed by atoms with Crippen molar-refractivity contribution in [2.45, 2.75) is 6.92 Å². The fourth-order valence-electron chi connectivity index (χ4n) is 2.27. The molecule has 0 aliphatic rings. The number of aromatic amines is 1. The van der Waals surface area contributed by atoms with E-state index in [1.165, 1.54) is 5.56 Å². The third kappa shape index (κ3) is 3.44. The first kappa shape index (κ1) is 16.1. The summed E-state index contributed by atoms with van der Waals surface area (Å²) in [5, 5.41) is 11.6. The number of aromatic nitrogens is 3. The molecule has 6 heteroatoms. The molecule has 0 atom stereocenters. The van der Waals surface area contributed by atoms with Gasteiger partial charge in [0, 0.05) is 25.3 Å². The van der Waals surface area contributed by atoms with Crippen LogP contribution in [0.15, 0.2) is 53.6 Å². The minimum absolute atomic E-state index is 0.465. The second-order valence-electron chi connectivity index (χ2n) is 5.76. The van der Waals surface area contributed by atoms with Crippen molar-refractivity contribution >= 4 is 24.1 Å². The maximum Gasteiger partial charge on any atom is 0.216 e. The molecule has 1 aromatic heterocycles. The third-order valence-electron chi connectivity index (χ3n) is 3.69. The lowest BCUT2D eigenvalue weighted by Crippen LogP contribution is -2.08. The van der Waals surface area contributed by atoms with E-state index in [0.29, 0.717) is 10.6 Å². The summed E-state index contributed by atoms with van der Waals surface area (Å²) in [6.07, 6.45) is 1.78. The SMILES string of the molecule is Cc1ccc(-c2n[nH]c(=S)n2/N=C\c2ccc(N(C)C)cc2)cc1. The van der Waals surface area contributed by atoms with Gasteiger partial charge in [0.25, 0.3) is 0 Å². The molecule has 0 unspecified atom stereocenters. The first-order chi connectivity index (χ1) is 11.5. The highest BCUT2D eigenvalue weighted by Crippen LogP contribution is 2.18. The van der Waals surface area contributed by atoms with E-state index in [9.17, 15) is 0 Å². The van der Waals surface area contributed by atoms with Crippen LogP contribution in [-0.2, 0) is 0 Å². The fourth-order valence-corrected chi connectivity index (χ4v) is 2.45. The van der Waals surface area contributed by atoms with Crippen LogP contribution in [0, 0.1) is 11.7 Å². The predicted octanol–water partition coefficient (Wildman–Crippen LogP) is 3.86. The highest BCUT2D eigenvalue weighted by molar-refractivity contribution is 7.71. The van der Waals surface area contributed by atoms with Crippen molar-refractivity contribution in [3.8, 4) is 11.4 Å². The van der Waals surface area contributed by atoms with Crippen molar-refractivity contribution in [3.63, 3.8) is 0 Å². The van der Waals surface area contributed by atoms with E-state index in [1.807, 2.05) is 50.5 Å². The second kappa shape index (κ2) is 6.80. The molecular weight excluding hydrogens is 318 g/mol. The molecule has 0 bridgehead atoms. The Balaban J connectivity index is 1.91. The Bertz CT molecular complexity index is 902. The smallest absolute Gasteiger partial charge is 0.216 e. The molecule has 0 amide bonds. The highest BCUT2D eigenvalue weighted by atomic mass is 32.1. The van der Waals surface area contributed by atoms with Gasteiger partial charge < -0.3 is 4.90 Å². The Hall–Kier alpha value is -2.73. The van der Waals surface area contributed by atoms with Crippen molar-refractivity contribution in [2.75, 3.05) is 19.0 Å². The molecule has 3 rings (SSSR count). The van der Waals surface area contributed by atoms with Crippen LogP contribution in [0.25, 0.3) is 11.4 Å². The normalized spacial score (nSPS) is 11.1. The Morgan fingerprint density at radius 2 is 1.75 bits per heavy atom. The average molecular weight is 337 g/mol. The lowest BCUT2D eigenvalue weighted by Gasteiger charge is -2.11. The monoisotopic (exact) mass is 337 g/mol. The summed E-state index contributed by atoms with van der Waals surface area (Å²) in [5.74, 6) is 0.696. The van der Waals surface area contributed by atoms with Crippen LogP contribution in [0.3, 0.4) is 0 Å². The van der Waals surface area contributed by atoms with Gasteiger partial charge in [-0.1, -0.05) is 42.0 Å². The Labute approximate surface area is 146 Å². The minimum Gasteiger partial charge on any atom is -0.378 e. The van der Waals surface area contributed by atoms with E-state index < -0.39 is 0 Å². The van der Waals surface area contributed by atoms with Crippen molar-refractivity contribution in [3.05, 3.63) is 64.4 Å². The summed E-state index contributed by atoms with van der Waals surface area (Å²) in [4.78, 5) is 2.06. The molecule has 0 aliphatic carbocycles.